The van der Waals surface area contributed by atoms with Crippen molar-refractivity contribution in [2.24, 2.45) is 5.73 Å². The largest absolute Gasteiger partial charge is 0.365 e. The molecule has 0 aromatic heterocycles. The molecule has 1 aromatic rings. The van der Waals surface area contributed by atoms with Gasteiger partial charge in [0, 0.05) is 0 Å². The lowest BCUT2D eigenvalue weighted by atomic mass is 10.2. The zero-order valence-electron chi connectivity index (χ0n) is 13.3. The fraction of sp³-hybridized carbons (Fsp3) is 0.533. The molecule has 0 aliphatic carbocycles. The van der Waals surface area contributed by atoms with Crippen LogP contribution in [0.4, 0.5) is 0 Å². The van der Waals surface area contributed by atoms with Gasteiger partial charge in [-0.25, -0.2) is 8.42 Å². The predicted molar refractivity (Wildman–Crippen MR) is 84.0 cm³/mol. The maximum Gasteiger partial charge on any atom is 0.275 e. The van der Waals surface area contributed by atoms with Gasteiger partial charge in [0.1, 0.15) is 0 Å². The monoisotopic (exact) mass is 326 g/mol. The molecule has 1 saturated heterocycles. The van der Waals surface area contributed by atoms with Crippen molar-refractivity contribution in [3.63, 3.8) is 0 Å². The summed E-state index contributed by atoms with van der Waals surface area (Å²) in [6, 6.07) is 5.17. The number of nitrogens with one attached hydrogen (secondary N) is 1. The molecular weight excluding hydrogens is 302 g/mol. The maximum absolute atomic E-state index is 12.8. The average molecular weight is 326 g/mol. The van der Waals surface area contributed by atoms with E-state index in [-0.39, 0.29) is 11.9 Å². The van der Waals surface area contributed by atoms with Gasteiger partial charge >= 0.3 is 0 Å². The Kier molecular flexibility index (Phi) is 4.89. The standard InChI is InChI=1S/C15H23N3O3S/c1-11-4-5-12(2)14(10-11)22(20,21)18-8-6-17(7-9-18)13(3)15(16)19/h4-5,10,13H,6-9H2,1-3H3,(H2,16,19)/p+1/t13-/m1/s1. The highest BCUT2D eigenvalue weighted by atomic mass is 32.2. The van der Waals surface area contributed by atoms with Gasteiger partial charge in [0.25, 0.3) is 5.91 Å². The zero-order valence-corrected chi connectivity index (χ0v) is 14.1. The summed E-state index contributed by atoms with van der Waals surface area (Å²) in [4.78, 5) is 12.7. The lowest BCUT2D eigenvalue weighted by Crippen LogP contribution is -3.19. The molecule has 2 rings (SSSR count). The van der Waals surface area contributed by atoms with Gasteiger partial charge in [-0.15, -0.1) is 0 Å². The Bertz CT molecular complexity index is 665. The van der Waals surface area contributed by atoms with E-state index in [0.29, 0.717) is 31.1 Å². The van der Waals surface area contributed by atoms with Crippen LogP contribution < -0.4 is 10.6 Å². The summed E-state index contributed by atoms with van der Waals surface area (Å²) in [7, 11) is -3.48. The van der Waals surface area contributed by atoms with Crippen molar-refractivity contribution in [1.82, 2.24) is 4.31 Å². The number of amides is 1. The fourth-order valence-corrected chi connectivity index (χ4v) is 4.52. The van der Waals surface area contributed by atoms with Gasteiger partial charge in [0.05, 0.1) is 31.1 Å². The number of rotatable bonds is 4. The van der Waals surface area contributed by atoms with E-state index in [9.17, 15) is 13.2 Å². The summed E-state index contributed by atoms with van der Waals surface area (Å²) in [5.41, 5.74) is 7.01. The molecule has 3 N–H and O–H groups in total. The highest BCUT2D eigenvalue weighted by molar-refractivity contribution is 7.89. The smallest absolute Gasteiger partial charge is 0.275 e. The molecule has 1 atom stereocenters. The number of aryl methyl sites for hydroxylation is 2. The van der Waals surface area contributed by atoms with Gasteiger partial charge < -0.3 is 10.6 Å². The molecule has 1 aliphatic rings. The molecule has 22 heavy (non-hydrogen) atoms. The van der Waals surface area contributed by atoms with E-state index in [1.165, 1.54) is 4.31 Å². The van der Waals surface area contributed by atoms with Crippen molar-refractivity contribution in [2.45, 2.75) is 31.7 Å². The van der Waals surface area contributed by atoms with Crippen LogP contribution in [0.1, 0.15) is 18.1 Å². The van der Waals surface area contributed by atoms with E-state index in [4.69, 9.17) is 5.73 Å². The van der Waals surface area contributed by atoms with Gasteiger partial charge in [-0.2, -0.15) is 4.31 Å². The minimum Gasteiger partial charge on any atom is -0.365 e. The first-order chi connectivity index (χ1) is 10.2. The van der Waals surface area contributed by atoms with Crippen LogP contribution in [0.5, 0.6) is 0 Å². The Morgan fingerprint density at radius 2 is 1.86 bits per heavy atom. The fourth-order valence-electron chi connectivity index (χ4n) is 2.77. The summed E-state index contributed by atoms with van der Waals surface area (Å²) in [5, 5.41) is 0. The number of nitrogens with two attached hydrogens (primary N) is 1. The number of quaternary nitrogens is 1. The molecule has 1 aliphatic heterocycles. The van der Waals surface area contributed by atoms with Crippen LogP contribution in [0.25, 0.3) is 0 Å². The Morgan fingerprint density at radius 1 is 1.27 bits per heavy atom. The number of carbonyl (C=O) groups excluding carboxylic acids is 1. The Balaban J connectivity index is 2.16. The summed E-state index contributed by atoms with van der Waals surface area (Å²) >= 11 is 0. The number of hydrogen-bond acceptors (Lipinski definition) is 3. The molecular formula is C15H24N3O3S+. The second-order valence-corrected chi connectivity index (χ2v) is 7.86. The molecule has 0 spiro atoms. The summed E-state index contributed by atoms with van der Waals surface area (Å²) < 4.78 is 27.1. The van der Waals surface area contributed by atoms with E-state index < -0.39 is 10.0 Å². The molecule has 0 unspecified atom stereocenters. The van der Waals surface area contributed by atoms with Gasteiger partial charge in [-0.3, -0.25) is 4.79 Å². The van der Waals surface area contributed by atoms with Gasteiger partial charge in [-0.05, 0) is 38.0 Å². The highest BCUT2D eigenvalue weighted by Crippen LogP contribution is 2.21. The van der Waals surface area contributed by atoms with Gasteiger partial charge in [0.15, 0.2) is 6.04 Å². The molecule has 0 bridgehead atoms. The van der Waals surface area contributed by atoms with Crippen molar-refractivity contribution < 1.29 is 18.1 Å². The third-order valence-corrected chi connectivity index (χ3v) is 6.41. The van der Waals surface area contributed by atoms with Crippen LogP contribution in [-0.2, 0) is 14.8 Å². The van der Waals surface area contributed by atoms with Crippen LogP contribution in [0.15, 0.2) is 23.1 Å². The average Bonchev–Trinajstić information content (AvgIpc) is 2.48. The number of primary amides is 1. The first-order valence-corrected chi connectivity index (χ1v) is 8.89. The lowest BCUT2D eigenvalue weighted by molar-refractivity contribution is -0.917. The Hall–Kier alpha value is -1.44. The molecule has 0 saturated carbocycles. The topological polar surface area (TPSA) is 84.9 Å². The molecule has 122 valence electrons. The highest BCUT2D eigenvalue weighted by Gasteiger charge is 2.34. The number of hydrogen-bond donors (Lipinski definition) is 2. The first kappa shape index (κ1) is 16.9. The van der Waals surface area contributed by atoms with E-state index in [1.807, 2.05) is 26.0 Å². The quantitative estimate of drug-likeness (QED) is 0.749. The first-order valence-electron chi connectivity index (χ1n) is 7.45. The van der Waals surface area contributed by atoms with Crippen LogP contribution >= 0.6 is 0 Å². The molecule has 1 aromatic carbocycles. The Morgan fingerprint density at radius 3 is 2.41 bits per heavy atom. The van der Waals surface area contributed by atoms with E-state index >= 15 is 0 Å². The van der Waals surface area contributed by atoms with Crippen LogP contribution in [0.3, 0.4) is 0 Å². The molecule has 7 heteroatoms. The number of sulfonamides is 1. The third kappa shape index (κ3) is 3.31. The van der Waals surface area contributed by atoms with E-state index in [0.717, 1.165) is 16.0 Å². The maximum atomic E-state index is 12.8. The number of benzene rings is 1. The number of carbonyl (C=O) groups is 1. The Labute approximate surface area is 131 Å². The van der Waals surface area contributed by atoms with Gasteiger partial charge in [-0.1, -0.05) is 12.1 Å². The van der Waals surface area contributed by atoms with E-state index in [2.05, 4.69) is 0 Å². The molecule has 6 nitrogen and oxygen atoms in total. The van der Waals surface area contributed by atoms with E-state index in [1.54, 1.807) is 13.0 Å². The molecule has 1 fully saturated rings. The summed E-state index contributed by atoms with van der Waals surface area (Å²) in [6.45, 7) is 7.47. The predicted octanol–water partition coefficient (Wildman–Crippen LogP) is -0.934. The normalized spacial score (nSPS) is 19.0. The molecule has 1 amide bonds. The summed E-state index contributed by atoms with van der Waals surface area (Å²) in [5.74, 6) is -0.346. The second kappa shape index (κ2) is 6.36. The van der Waals surface area contributed by atoms with Crippen LogP contribution in [-0.4, -0.2) is 50.9 Å². The van der Waals surface area contributed by atoms with Crippen molar-refractivity contribution in [1.29, 1.82) is 0 Å². The molecule has 1 heterocycles. The van der Waals surface area contributed by atoms with Gasteiger partial charge in [0.2, 0.25) is 10.0 Å². The second-order valence-electron chi connectivity index (χ2n) is 5.96. The van der Waals surface area contributed by atoms with Crippen LogP contribution in [0, 0.1) is 13.8 Å². The minimum absolute atomic E-state index is 0.287. The van der Waals surface area contributed by atoms with Crippen molar-refractivity contribution in [2.75, 3.05) is 26.2 Å². The van der Waals surface area contributed by atoms with Crippen molar-refractivity contribution in [3.8, 4) is 0 Å². The summed E-state index contributed by atoms with van der Waals surface area (Å²) in [6.07, 6.45) is 0. The third-order valence-electron chi connectivity index (χ3n) is 4.37. The zero-order chi connectivity index (χ0) is 16.5. The number of piperazine rings is 1. The lowest BCUT2D eigenvalue weighted by Gasteiger charge is -2.33. The SMILES string of the molecule is Cc1ccc(C)c(S(=O)(=O)N2CC[NH+]([C@H](C)C(N)=O)CC2)c1. The molecule has 0 radical (unpaired) electrons. The van der Waals surface area contributed by atoms with Crippen LogP contribution in [0.2, 0.25) is 0 Å². The minimum atomic E-state index is -3.48. The van der Waals surface area contributed by atoms with Crippen molar-refractivity contribution in [3.05, 3.63) is 29.3 Å². The van der Waals surface area contributed by atoms with Crippen molar-refractivity contribution >= 4 is 15.9 Å². The number of nitrogens with zero attached hydrogens (tertiary/aromatic N) is 1.